The topological polar surface area (TPSA) is 12.5 Å². The van der Waals surface area contributed by atoms with E-state index in [1.165, 1.54) is 6.54 Å². The minimum atomic E-state index is 0.725. The lowest BCUT2D eigenvalue weighted by molar-refractivity contribution is 0.108. The van der Waals surface area contributed by atoms with Crippen LogP contribution in [0.25, 0.3) is 0 Å². The Labute approximate surface area is 69.5 Å². The molecule has 0 aromatic heterocycles. The summed E-state index contributed by atoms with van der Waals surface area (Å²) in [5.74, 6) is 1.47. The van der Waals surface area contributed by atoms with E-state index in [1.54, 1.807) is 0 Å². The van der Waals surface area contributed by atoms with Crippen LogP contribution in [0.5, 0.6) is 0 Å². The molecule has 0 amide bonds. The normalized spacial score (nSPS) is 28.9. The lowest BCUT2D eigenvalue weighted by atomic mass is 9.96. The predicted molar refractivity (Wildman–Crippen MR) is 46.6 cm³/mol. The second kappa shape index (κ2) is 4.07. The zero-order valence-electron chi connectivity index (χ0n) is 7.84. The zero-order chi connectivity index (χ0) is 8.27. The van der Waals surface area contributed by atoms with Gasteiger partial charge in [0.2, 0.25) is 0 Å². The van der Waals surface area contributed by atoms with Gasteiger partial charge in [-0.05, 0) is 18.9 Å². The second-order valence-corrected chi connectivity index (χ2v) is 3.84. The van der Waals surface area contributed by atoms with Gasteiger partial charge in [0.25, 0.3) is 0 Å². The Balaban J connectivity index is 2.39. The van der Waals surface area contributed by atoms with Crippen molar-refractivity contribution < 1.29 is 4.74 Å². The number of likely N-dealkylation sites (N-methyl/N-ethyl adjacent to an activating group) is 1. The van der Waals surface area contributed by atoms with Crippen molar-refractivity contribution in [3.8, 4) is 0 Å². The van der Waals surface area contributed by atoms with Crippen LogP contribution in [0.15, 0.2) is 0 Å². The Morgan fingerprint density at radius 1 is 1.45 bits per heavy atom. The fourth-order valence-corrected chi connectivity index (χ4v) is 1.40. The Morgan fingerprint density at radius 2 is 2.18 bits per heavy atom. The van der Waals surface area contributed by atoms with E-state index in [9.17, 15) is 0 Å². The molecule has 2 heteroatoms. The summed E-state index contributed by atoms with van der Waals surface area (Å²) in [6.07, 6.45) is 0. The third-order valence-electron chi connectivity index (χ3n) is 2.44. The van der Waals surface area contributed by atoms with Crippen molar-refractivity contribution in [2.45, 2.75) is 13.8 Å². The van der Waals surface area contributed by atoms with Gasteiger partial charge in [0.05, 0.1) is 13.2 Å². The SMILES string of the molecule is CC(C)C1COCCN(C)C1. The highest BCUT2D eigenvalue weighted by molar-refractivity contribution is 4.69. The molecule has 0 N–H and O–H groups in total. The molecule has 0 spiro atoms. The van der Waals surface area contributed by atoms with Gasteiger partial charge in [-0.2, -0.15) is 0 Å². The molecule has 66 valence electrons. The molecular formula is C9H19NO. The minimum absolute atomic E-state index is 0.725. The van der Waals surface area contributed by atoms with Gasteiger partial charge in [0.15, 0.2) is 0 Å². The van der Waals surface area contributed by atoms with E-state index < -0.39 is 0 Å². The lowest BCUT2D eigenvalue weighted by Crippen LogP contribution is -2.28. The van der Waals surface area contributed by atoms with Gasteiger partial charge in [0, 0.05) is 13.1 Å². The quantitative estimate of drug-likeness (QED) is 0.567. The van der Waals surface area contributed by atoms with E-state index in [2.05, 4.69) is 25.8 Å². The number of rotatable bonds is 1. The zero-order valence-corrected chi connectivity index (χ0v) is 7.84. The van der Waals surface area contributed by atoms with E-state index in [0.717, 1.165) is 31.6 Å². The van der Waals surface area contributed by atoms with Gasteiger partial charge < -0.3 is 9.64 Å². The molecule has 0 radical (unpaired) electrons. The molecule has 0 aromatic carbocycles. The number of ether oxygens (including phenoxy) is 1. The van der Waals surface area contributed by atoms with Crippen molar-refractivity contribution in [2.24, 2.45) is 11.8 Å². The van der Waals surface area contributed by atoms with Gasteiger partial charge in [-0.25, -0.2) is 0 Å². The van der Waals surface area contributed by atoms with Gasteiger partial charge >= 0.3 is 0 Å². The number of hydrogen-bond donors (Lipinski definition) is 0. The molecule has 1 saturated heterocycles. The van der Waals surface area contributed by atoms with Crippen LogP contribution >= 0.6 is 0 Å². The smallest absolute Gasteiger partial charge is 0.0593 e. The van der Waals surface area contributed by atoms with E-state index >= 15 is 0 Å². The summed E-state index contributed by atoms with van der Waals surface area (Å²) < 4.78 is 5.50. The summed E-state index contributed by atoms with van der Waals surface area (Å²) in [6.45, 7) is 8.67. The van der Waals surface area contributed by atoms with E-state index in [0.29, 0.717) is 0 Å². The third kappa shape index (κ3) is 2.80. The highest BCUT2D eigenvalue weighted by atomic mass is 16.5. The first-order chi connectivity index (χ1) is 5.20. The molecule has 1 aliphatic heterocycles. The van der Waals surface area contributed by atoms with Crippen molar-refractivity contribution in [1.29, 1.82) is 0 Å². The summed E-state index contributed by atoms with van der Waals surface area (Å²) in [5.41, 5.74) is 0. The van der Waals surface area contributed by atoms with Crippen molar-refractivity contribution in [3.05, 3.63) is 0 Å². The Hall–Kier alpha value is -0.0800. The van der Waals surface area contributed by atoms with Crippen LogP contribution in [0.1, 0.15) is 13.8 Å². The fraction of sp³-hybridized carbons (Fsp3) is 1.00. The summed E-state index contributed by atoms with van der Waals surface area (Å²) in [4.78, 5) is 2.36. The Bertz CT molecular complexity index is 114. The van der Waals surface area contributed by atoms with Crippen molar-refractivity contribution >= 4 is 0 Å². The van der Waals surface area contributed by atoms with Crippen LogP contribution in [0.2, 0.25) is 0 Å². The average molecular weight is 157 g/mol. The third-order valence-corrected chi connectivity index (χ3v) is 2.44. The van der Waals surface area contributed by atoms with Crippen LogP contribution in [0.3, 0.4) is 0 Å². The first-order valence-electron chi connectivity index (χ1n) is 4.46. The molecule has 2 nitrogen and oxygen atoms in total. The van der Waals surface area contributed by atoms with Crippen LogP contribution in [0, 0.1) is 11.8 Å². The Kier molecular flexibility index (Phi) is 3.34. The van der Waals surface area contributed by atoms with Crippen molar-refractivity contribution in [3.63, 3.8) is 0 Å². The van der Waals surface area contributed by atoms with Gasteiger partial charge in [0.1, 0.15) is 0 Å². The molecule has 1 heterocycles. The number of nitrogens with zero attached hydrogens (tertiary/aromatic N) is 1. The van der Waals surface area contributed by atoms with Gasteiger partial charge in [-0.3, -0.25) is 0 Å². The average Bonchev–Trinajstić information content (AvgIpc) is 2.13. The van der Waals surface area contributed by atoms with Crippen LogP contribution in [-0.4, -0.2) is 38.3 Å². The summed E-state index contributed by atoms with van der Waals surface area (Å²) in [7, 11) is 2.17. The predicted octanol–water partition coefficient (Wildman–Crippen LogP) is 1.22. The van der Waals surface area contributed by atoms with E-state index in [4.69, 9.17) is 4.74 Å². The van der Waals surface area contributed by atoms with Crippen LogP contribution in [0.4, 0.5) is 0 Å². The maximum atomic E-state index is 5.50. The largest absolute Gasteiger partial charge is 0.380 e. The minimum Gasteiger partial charge on any atom is -0.380 e. The second-order valence-electron chi connectivity index (χ2n) is 3.84. The molecule has 0 saturated carbocycles. The molecule has 1 fully saturated rings. The molecule has 1 rings (SSSR count). The molecule has 0 aromatic rings. The summed E-state index contributed by atoms with van der Waals surface area (Å²) in [6, 6.07) is 0. The molecule has 1 atom stereocenters. The van der Waals surface area contributed by atoms with E-state index in [1.807, 2.05) is 0 Å². The summed E-state index contributed by atoms with van der Waals surface area (Å²) in [5, 5.41) is 0. The monoisotopic (exact) mass is 157 g/mol. The molecular weight excluding hydrogens is 138 g/mol. The highest BCUT2D eigenvalue weighted by Gasteiger charge is 2.18. The molecule has 0 bridgehead atoms. The standard InChI is InChI=1S/C9H19NO/c1-8(2)9-6-10(3)4-5-11-7-9/h8-9H,4-7H2,1-3H3. The van der Waals surface area contributed by atoms with Gasteiger partial charge in [-0.1, -0.05) is 13.8 Å². The lowest BCUT2D eigenvalue weighted by Gasteiger charge is -2.21. The first-order valence-corrected chi connectivity index (χ1v) is 4.46. The fourth-order valence-electron chi connectivity index (χ4n) is 1.40. The van der Waals surface area contributed by atoms with Crippen LogP contribution < -0.4 is 0 Å². The summed E-state index contributed by atoms with van der Waals surface area (Å²) >= 11 is 0. The highest BCUT2D eigenvalue weighted by Crippen LogP contribution is 2.14. The van der Waals surface area contributed by atoms with E-state index in [-0.39, 0.29) is 0 Å². The Morgan fingerprint density at radius 3 is 2.82 bits per heavy atom. The number of hydrogen-bond acceptors (Lipinski definition) is 2. The first kappa shape index (κ1) is 9.01. The maximum Gasteiger partial charge on any atom is 0.0593 e. The molecule has 11 heavy (non-hydrogen) atoms. The maximum absolute atomic E-state index is 5.50. The van der Waals surface area contributed by atoms with Gasteiger partial charge in [-0.15, -0.1) is 0 Å². The van der Waals surface area contributed by atoms with Crippen LogP contribution in [-0.2, 0) is 4.74 Å². The van der Waals surface area contributed by atoms with Crippen molar-refractivity contribution in [2.75, 3.05) is 33.4 Å². The van der Waals surface area contributed by atoms with Crippen molar-refractivity contribution in [1.82, 2.24) is 4.90 Å². The molecule has 1 aliphatic rings. The molecule has 0 aliphatic carbocycles. The molecule has 1 unspecified atom stereocenters.